The minimum absolute atomic E-state index is 0.0628. The van der Waals surface area contributed by atoms with Gasteiger partial charge in [-0.25, -0.2) is 0 Å². The third kappa shape index (κ3) is 3.18. The highest BCUT2D eigenvalue weighted by Gasteiger charge is 2.65. The van der Waals surface area contributed by atoms with Crippen LogP contribution in [0.25, 0.3) is 0 Å². The summed E-state index contributed by atoms with van der Waals surface area (Å²) in [7, 11) is -1.90. The van der Waals surface area contributed by atoms with Crippen LogP contribution in [0.5, 0.6) is 5.75 Å². The third-order valence-electron chi connectivity index (χ3n) is 9.73. The normalized spacial score (nSPS) is 36.7. The molecule has 3 fully saturated rings. The number of ether oxygens (including phenoxy) is 2. The summed E-state index contributed by atoms with van der Waals surface area (Å²) in [6, 6.07) is 6.55. The molecule has 5 heteroatoms. The molecule has 1 aromatic rings. The monoisotopic (exact) mass is 444 g/mol. The molecule has 1 aromatic carbocycles. The standard InChI is InChI=1S/C26H40O4Si/c1-24(2,3)31(5,6)30-17-7-8-18-19-9-11-25(4)22(10-12-26(25)28-13-14-29-26)20(19)16-23(27)21(18)15-17/h7-8,15,19-20,22-23,27H,9-14,16H2,1-6H3/t19?,20?,22?,23-,25-/m0/s1. The van der Waals surface area contributed by atoms with Gasteiger partial charge in [-0.15, -0.1) is 0 Å². The van der Waals surface area contributed by atoms with Crippen LogP contribution < -0.4 is 4.43 Å². The van der Waals surface area contributed by atoms with Gasteiger partial charge >= 0.3 is 0 Å². The van der Waals surface area contributed by atoms with Crippen LogP contribution in [-0.4, -0.2) is 32.4 Å². The molecule has 0 aromatic heterocycles. The van der Waals surface area contributed by atoms with E-state index in [9.17, 15) is 5.11 Å². The van der Waals surface area contributed by atoms with Gasteiger partial charge in [0.1, 0.15) is 5.75 Å². The molecule has 1 N–H and O–H groups in total. The molecular weight excluding hydrogens is 404 g/mol. The largest absolute Gasteiger partial charge is 0.543 e. The Morgan fingerprint density at radius 1 is 1.06 bits per heavy atom. The first-order valence-electron chi connectivity index (χ1n) is 12.3. The number of rotatable bonds is 2. The molecule has 4 aliphatic rings. The molecular formula is C26H40O4Si. The second-order valence-electron chi connectivity index (χ2n) is 12.2. The minimum Gasteiger partial charge on any atom is -0.543 e. The highest BCUT2D eigenvalue weighted by Crippen LogP contribution is 2.67. The second-order valence-corrected chi connectivity index (χ2v) is 17.0. The van der Waals surface area contributed by atoms with E-state index in [1.54, 1.807) is 0 Å². The van der Waals surface area contributed by atoms with E-state index >= 15 is 0 Å². The highest BCUT2D eigenvalue weighted by atomic mass is 28.4. The number of hydrogen-bond donors (Lipinski definition) is 1. The molecule has 4 nitrogen and oxygen atoms in total. The lowest BCUT2D eigenvalue weighted by Gasteiger charge is -2.53. The van der Waals surface area contributed by atoms with Gasteiger partial charge < -0.3 is 19.0 Å². The van der Waals surface area contributed by atoms with Crippen molar-refractivity contribution >= 4 is 8.32 Å². The number of aliphatic hydroxyl groups excluding tert-OH is 1. The van der Waals surface area contributed by atoms with Crippen molar-refractivity contribution in [1.82, 2.24) is 0 Å². The first kappa shape index (κ1) is 21.9. The van der Waals surface area contributed by atoms with E-state index in [0.717, 1.165) is 56.6 Å². The highest BCUT2D eigenvalue weighted by molar-refractivity contribution is 6.74. The maximum absolute atomic E-state index is 11.2. The van der Waals surface area contributed by atoms with Gasteiger partial charge in [0.25, 0.3) is 0 Å². The topological polar surface area (TPSA) is 47.9 Å². The smallest absolute Gasteiger partial charge is 0.250 e. The van der Waals surface area contributed by atoms with Crippen molar-refractivity contribution in [3.63, 3.8) is 0 Å². The molecule has 1 heterocycles. The molecule has 0 amide bonds. The van der Waals surface area contributed by atoms with Crippen LogP contribution in [0.3, 0.4) is 0 Å². The lowest BCUT2D eigenvalue weighted by atomic mass is 9.54. The van der Waals surface area contributed by atoms with Crippen molar-refractivity contribution in [2.24, 2.45) is 17.3 Å². The van der Waals surface area contributed by atoms with Gasteiger partial charge in [0.05, 0.1) is 19.3 Å². The molecule has 0 radical (unpaired) electrons. The van der Waals surface area contributed by atoms with Gasteiger partial charge in [0.2, 0.25) is 8.32 Å². The van der Waals surface area contributed by atoms with Gasteiger partial charge in [-0.1, -0.05) is 33.8 Å². The average Bonchev–Trinajstić information content (AvgIpc) is 3.27. The summed E-state index contributed by atoms with van der Waals surface area (Å²) in [4.78, 5) is 0. The van der Waals surface area contributed by atoms with Crippen LogP contribution in [0.4, 0.5) is 0 Å². The molecule has 5 rings (SSSR count). The molecule has 1 spiro atoms. The Morgan fingerprint density at radius 2 is 1.77 bits per heavy atom. The van der Waals surface area contributed by atoms with E-state index in [2.05, 4.69) is 59.0 Å². The van der Waals surface area contributed by atoms with Crippen molar-refractivity contribution in [2.45, 2.75) is 95.7 Å². The Hall–Kier alpha value is -0.883. The van der Waals surface area contributed by atoms with E-state index in [4.69, 9.17) is 13.9 Å². The quantitative estimate of drug-likeness (QED) is 0.555. The van der Waals surface area contributed by atoms with E-state index in [0.29, 0.717) is 17.8 Å². The van der Waals surface area contributed by atoms with Gasteiger partial charge in [-0.2, -0.15) is 0 Å². The van der Waals surface area contributed by atoms with E-state index in [1.165, 1.54) is 5.56 Å². The predicted molar refractivity (Wildman–Crippen MR) is 125 cm³/mol. The molecule has 31 heavy (non-hydrogen) atoms. The van der Waals surface area contributed by atoms with E-state index in [1.807, 2.05) is 0 Å². The molecule has 2 saturated carbocycles. The van der Waals surface area contributed by atoms with Crippen LogP contribution in [0, 0.1) is 17.3 Å². The van der Waals surface area contributed by atoms with Crippen molar-refractivity contribution in [2.75, 3.05) is 13.2 Å². The van der Waals surface area contributed by atoms with Crippen molar-refractivity contribution in [3.05, 3.63) is 29.3 Å². The zero-order valence-electron chi connectivity index (χ0n) is 20.2. The molecule has 1 aliphatic heterocycles. The van der Waals surface area contributed by atoms with Gasteiger partial charge in [-0.05, 0) is 84.8 Å². The Kier molecular flexibility index (Phi) is 4.99. The lowest BCUT2D eigenvalue weighted by molar-refractivity contribution is -0.237. The number of aliphatic hydroxyl groups is 1. The van der Waals surface area contributed by atoms with Gasteiger partial charge in [-0.3, -0.25) is 0 Å². The molecule has 3 unspecified atom stereocenters. The van der Waals surface area contributed by atoms with E-state index in [-0.39, 0.29) is 16.2 Å². The molecule has 1 saturated heterocycles. The summed E-state index contributed by atoms with van der Waals surface area (Å²) in [5.41, 5.74) is 2.51. The number of hydrogen-bond acceptors (Lipinski definition) is 4. The summed E-state index contributed by atoms with van der Waals surface area (Å²) in [6.07, 6.45) is 4.86. The second kappa shape index (κ2) is 7.06. The third-order valence-corrected chi connectivity index (χ3v) is 14.1. The Bertz CT molecular complexity index is 853. The number of fused-ring (bicyclic) bond motifs is 6. The SMILES string of the molecule is CC(C)(C)[Si](C)(C)Oc1ccc2c(c1)[C@@H](O)CC1C2CC[C@@]2(C)C1CCC21OCCO1. The molecule has 5 atom stereocenters. The summed E-state index contributed by atoms with van der Waals surface area (Å²) < 4.78 is 19.0. The zero-order valence-corrected chi connectivity index (χ0v) is 21.2. The maximum atomic E-state index is 11.2. The fourth-order valence-corrected chi connectivity index (χ4v) is 7.99. The van der Waals surface area contributed by atoms with Crippen molar-refractivity contribution in [1.29, 1.82) is 0 Å². The fourth-order valence-electron chi connectivity index (χ4n) is 6.96. The first-order valence-corrected chi connectivity index (χ1v) is 15.2. The van der Waals surface area contributed by atoms with Crippen molar-refractivity contribution in [3.8, 4) is 5.75 Å². The van der Waals surface area contributed by atoms with Crippen LogP contribution in [0.15, 0.2) is 18.2 Å². The van der Waals surface area contributed by atoms with Crippen molar-refractivity contribution < 1.29 is 19.0 Å². The maximum Gasteiger partial charge on any atom is 0.250 e. The summed E-state index contributed by atoms with van der Waals surface area (Å²) in [5.74, 6) is 2.12. The zero-order chi connectivity index (χ0) is 22.2. The molecule has 3 aliphatic carbocycles. The lowest BCUT2D eigenvalue weighted by Crippen LogP contribution is -2.51. The Balaban J connectivity index is 1.43. The number of benzene rings is 1. The van der Waals surface area contributed by atoms with Crippen LogP contribution in [-0.2, 0) is 9.47 Å². The Labute approximate surface area is 188 Å². The summed E-state index contributed by atoms with van der Waals surface area (Å²) in [5, 5.41) is 11.4. The molecule has 172 valence electrons. The first-order chi connectivity index (χ1) is 14.5. The predicted octanol–water partition coefficient (Wildman–Crippen LogP) is 6.16. The fraction of sp³-hybridized carbons (Fsp3) is 0.769. The Morgan fingerprint density at radius 3 is 2.45 bits per heavy atom. The van der Waals surface area contributed by atoms with Crippen LogP contribution >= 0.6 is 0 Å². The molecule has 0 bridgehead atoms. The van der Waals surface area contributed by atoms with Crippen LogP contribution in [0.1, 0.15) is 82.9 Å². The van der Waals surface area contributed by atoms with Gasteiger partial charge in [0, 0.05) is 11.8 Å². The summed E-state index contributed by atoms with van der Waals surface area (Å²) >= 11 is 0. The minimum atomic E-state index is -1.90. The van der Waals surface area contributed by atoms with E-state index < -0.39 is 14.4 Å². The van der Waals surface area contributed by atoms with Gasteiger partial charge in [0.15, 0.2) is 5.79 Å². The van der Waals surface area contributed by atoms with Crippen LogP contribution in [0.2, 0.25) is 18.1 Å². The average molecular weight is 445 g/mol. The summed E-state index contributed by atoms with van der Waals surface area (Å²) in [6.45, 7) is 15.2.